The van der Waals surface area contributed by atoms with Gasteiger partial charge in [-0.25, -0.2) is 17.4 Å². The molecule has 33 heavy (non-hydrogen) atoms. The van der Waals surface area contributed by atoms with Crippen molar-refractivity contribution in [1.82, 2.24) is 19.6 Å². The fourth-order valence-corrected chi connectivity index (χ4v) is 6.69. The number of piperidine rings is 1. The molecule has 2 aromatic carbocycles. The van der Waals surface area contributed by atoms with Crippen LogP contribution in [0.2, 0.25) is 0 Å². The minimum absolute atomic E-state index is 0.277. The Morgan fingerprint density at radius 1 is 1.12 bits per heavy atom. The van der Waals surface area contributed by atoms with Crippen LogP contribution < -0.4 is 15.4 Å². The molecule has 1 aliphatic rings. The first kappa shape index (κ1) is 23.0. The number of imidazole rings is 1. The average Bonchev–Trinajstić information content (AvgIpc) is 3.30. The van der Waals surface area contributed by atoms with Crippen LogP contribution in [0.1, 0.15) is 34.6 Å². The second kappa shape index (κ2) is 9.36. The molecule has 0 bridgehead atoms. The van der Waals surface area contributed by atoms with E-state index in [1.807, 2.05) is 30.3 Å². The van der Waals surface area contributed by atoms with E-state index in [2.05, 4.69) is 15.6 Å². The van der Waals surface area contributed by atoms with E-state index in [4.69, 9.17) is 4.74 Å². The molecule has 0 radical (unpaired) electrons. The third-order valence-electron chi connectivity index (χ3n) is 6.31. The number of nitrogens with zero attached hydrogens (tertiary/aromatic N) is 2. The van der Waals surface area contributed by atoms with Crippen molar-refractivity contribution in [3.05, 3.63) is 83.9 Å². The Hall–Kier alpha value is -3.17. The highest BCUT2D eigenvalue weighted by Crippen LogP contribution is 2.40. The number of hydrogen-bond donors (Lipinski definition) is 2. The Morgan fingerprint density at radius 2 is 1.79 bits per heavy atom. The lowest BCUT2D eigenvalue weighted by atomic mass is 9.72. The van der Waals surface area contributed by atoms with Crippen LogP contribution in [-0.2, 0) is 15.4 Å². The Labute approximate surface area is 194 Å². The van der Waals surface area contributed by atoms with Gasteiger partial charge in [0.2, 0.25) is 0 Å². The smallest absolute Gasteiger partial charge is 0.262 e. The number of benzene rings is 2. The Bertz CT molecular complexity index is 1220. The van der Waals surface area contributed by atoms with Gasteiger partial charge in [-0.3, -0.25) is 4.79 Å². The third-order valence-corrected chi connectivity index (χ3v) is 8.41. The summed E-state index contributed by atoms with van der Waals surface area (Å²) in [6, 6.07) is 16.3. The molecule has 1 unspecified atom stereocenters. The van der Waals surface area contributed by atoms with E-state index < -0.39 is 26.7 Å². The first-order valence-electron chi connectivity index (χ1n) is 10.8. The van der Waals surface area contributed by atoms with E-state index in [1.165, 1.54) is 19.5 Å². The molecule has 0 spiro atoms. The maximum Gasteiger partial charge on any atom is 0.262 e. The summed E-state index contributed by atoms with van der Waals surface area (Å²) in [6.07, 6.45) is 3.96. The molecule has 3 aromatic rings. The number of para-hydroxylation sites is 1. The molecule has 2 N–H and O–H groups in total. The summed E-state index contributed by atoms with van der Waals surface area (Å²) in [7, 11) is -2.58. The van der Waals surface area contributed by atoms with Crippen LogP contribution in [0, 0.1) is 6.92 Å². The summed E-state index contributed by atoms with van der Waals surface area (Å²) < 4.78 is 34.6. The number of hydrogen-bond acceptors (Lipinski definition) is 6. The molecule has 1 amide bonds. The summed E-state index contributed by atoms with van der Waals surface area (Å²) in [4.78, 5) is 17.6. The van der Waals surface area contributed by atoms with Gasteiger partial charge in [-0.15, -0.1) is 0 Å². The molecule has 0 saturated carbocycles. The van der Waals surface area contributed by atoms with Gasteiger partial charge < -0.3 is 15.4 Å². The van der Waals surface area contributed by atoms with Gasteiger partial charge >= 0.3 is 0 Å². The zero-order valence-corrected chi connectivity index (χ0v) is 19.5. The molecular weight excluding hydrogens is 440 g/mol. The van der Waals surface area contributed by atoms with Crippen molar-refractivity contribution in [2.45, 2.75) is 30.6 Å². The van der Waals surface area contributed by atoms with Crippen LogP contribution in [0.25, 0.3) is 0 Å². The lowest BCUT2D eigenvalue weighted by Crippen LogP contribution is -2.59. The second-order valence-corrected chi connectivity index (χ2v) is 10.0. The maximum absolute atomic E-state index is 14.1. The van der Waals surface area contributed by atoms with Gasteiger partial charge in [-0.2, -0.15) is 0 Å². The van der Waals surface area contributed by atoms with Gasteiger partial charge in [-0.05, 0) is 50.6 Å². The van der Waals surface area contributed by atoms with Crippen molar-refractivity contribution in [2.24, 2.45) is 0 Å². The first-order valence-corrected chi connectivity index (χ1v) is 12.3. The minimum Gasteiger partial charge on any atom is -0.496 e. The monoisotopic (exact) mass is 468 g/mol. The number of amides is 1. The molecule has 1 aromatic heterocycles. The second-order valence-electron chi connectivity index (χ2n) is 8.14. The topological polar surface area (TPSA) is 102 Å². The summed E-state index contributed by atoms with van der Waals surface area (Å²) >= 11 is 0. The van der Waals surface area contributed by atoms with E-state index in [9.17, 15) is 13.2 Å². The summed E-state index contributed by atoms with van der Waals surface area (Å²) in [5.74, 6) is 0.209. The van der Waals surface area contributed by atoms with Crippen molar-refractivity contribution < 1.29 is 17.9 Å². The normalized spacial score (nSPS) is 16.7. The quantitative estimate of drug-likeness (QED) is 0.552. The maximum atomic E-state index is 14.1. The molecule has 4 rings (SSSR count). The molecule has 174 valence electrons. The molecule has 1 aliphatic heterocycles. The summed E-state index contributed by atoms with van der Waals surface area (Å²) in [5, 5.41) is 4.99. The van der Waals surface area contributed by atoms with E-state index >= 15 is 0 Å². The zero-order valence-electron chi connectivity index (χ0n) is 18.7. The number of aromatic nitrogens is 2. The van der Waals surface area contributed by atoms with E-state index in [0.717, 1.165) is 9.54 Å². The van der Waals surface area contributed by atoms with Gasteiger partial charge in [0, 0.05) is 17.8 Å². The number of rotatable bonds is 7. The van der Waals surface area contributed by atoms with Crippen LogP contribution in [0.3, 0.4) is 0 Å². The Kier molecular flexibility index (Phi) is 6.53. The van der Waals surface area contributed by atoms with Crippen LogP contribution >= 0.6 is 0 Å². The Morgan fingerprint density at radius 3 is 2.42 bits per heavy atom. The zero-order chi connectivity index (χ0) is 23.5. The highest BCUT2D eigenvalue weighted by atomic mass is 32.2. The average molecular weight is 469 g/mol. The molecule has 2 heterocycles. The van der Waals surface area contributed by atoms with Crippen LogP contribution in [0.5, 0.6) is 5.75 Å². The highest BCUT2D eigenvalue weighted by molar-refractivity contribution is 7.90. The van der Waals surface area contributed by atoms with Crippen molar-refractivity contribution in [3.8, 4) is 5.75 Å². The molecule has 9 heteroatoms. The first-order chi connectivity index (χ1) is 15.9. The van der Waals surface area contributed by atoms with E-state index in [-0.39, 0.29) is 5.56 Å². The van der Waals surface area contributed by atoms with Crippen molar-refractivity contribution >= 4 is 15.9 Å². The number of carbonyl (C=O) groups is 1. The minimum atomic E-state index is -4.06. The standard InChI is InChI=1S/C24H28N4O4S/c1-18-26-16-17-28(18)33(30,31)23(27-22(29)20-10-6-7-11-21(20)32-2)24(12-14-25-15-13-24)19-8-4-3-5-9-19/h3-11,16-17,23,25H,12-15H2,1-2H3,(H,27,29). The molecule has 1 saturated heterocycles. The number of methoxy groups -OCH3 is 1. The predicted octanol–water partition coefficient (Wildman–Crippen LogP) is 2.46. The van der Waals surface area contributed by atoms with Gasteiger partial charge in [0.15, 0.2) is 5.37 Å². The number of nitrogens with one attached hydrogen (secondary N) is 2. The predicted molar refractivity (Wildman–Crippen MR) is 126 cm³/mol. The lowest BCUT2D eigenvalue weighted by molar-refractivity contribution is 0.0922. The van der Waals surface area contributed by atoms with Gasteiger partial charge in [0.25, 0.3) is 15.9 Å². The van der Waals surface area contributed by atoms with E-state index in [1.54, 1.807) is 31.2 Å². The number of carbonyl (C=O) groups excluding carboxylic acids is 1. The number of ether oxygens (including phenoxy) is 1. The number of aryl methyl sites for hydroxylation is 1. The summed E-state index contributed by atoms with van der Waals surface area (Å²) in [5.41, 5.74) is 0.317. The summed E-state index contributed by atoms with van der Waals surface area (Å²) in [6.45, 7) is 2.90. The molecule has 1 atom stereocenters. The largest absolute Gasteiger partial charge is 0.496 e. The fraction of sp³-hybridized carbons (Fsp3) is 0.333. The van der Waals surface area contributed by atoms with Gasteiger partial charge in [0.05, 0.1) is 12.7 Å². The molecule has 0 aliphatic carbocycles. The van der Waals surface area contributed by atoms with Crippen molar-refractivity contribution in [3.63, 3.8) is 0 Å². The molecule has 1 fully saturated rings. The molecular formula is C24H28N4O4S. The van der Waals surface area contributed by atoms with Gasteiger partial charge in [0.1, 0.15) is 11.6 Å². The van der Waals surface area contributed by atoms with Crippen LogP contribution in [0.15, 0.2) is 67.0 Å². The van der Waals surface area contributed by atoms with Crippen LogP contribution in [0.4, 0.5) is 0 Å². The van der Waals surface area contributed by atoms with Crippen molar-refractivity contribution in [2.75, 3.05) is 20.2 Å². The Balaban J connectivity index is 1.87. The van der Waals surface area contributed by atoms with E-state index in [0.29, 0.717) is 37.5 Å². The lowest BCUT2D eigenvalue weighted by Gasteiger charge is -2.44. The van der Waals surface area contributed by atoms with Crippen LogP contribution in [-0.4, -0.2) is 48.9 Å². The highest BCUT2D eigenvalue weighted by Gasteiger charge is 2.50. The fourth-order valence-electron chi connectivity index (χ4n) is 4.62. The van der Waals surface area contributed by atoms with Crippen molar-refractivity contribution in [1.29, 1.82) is 0 Å². The molecule has 8 nitrogen and oxygen atoms in total. The SMILES string of the molecule is COc1ccccc1C(=O)NC(C1(c2ccccc2)CCNCC1)S(=O)(=O)n1ccnc1C. The van der Waals surface area contributed by atoms with Gasteiger partial charge in [-0.1, -0.05) is 42.5 Å². The third kappa shape index (κ3) is 4.26.